The van der Waals surface area contributed by atoms with Crippen molar-refractivity contribution in [3.8, 4) is 0 Å². The molecule has 3 atom stereocenters. The van der Waals surface area contributed by atoms with Crippen molar-refractivity contribution in [3.63, 3.8) is 0 Å². The first-order chi connectivity index (χ1) is 16.4. The van der Waals surface area contributed by atoms with Crippen LogP contribution in [0.4, 0.5) is 5.69 Å². The fourth-order valence-electron chi connectivity index (χ4n) is 4.33. The number of carbonyl (C=O) groups is 4. The van der Waals surface area contributed by atoms with Gasteiger partial charge in [0.2, 0.25) is 5.91 Å². The Bertz CT molecular complexity index is 1130. The van der Waals surface area contributed by atoms with E-state index in [9.17, 15) is 29.4 Å². The molecular formula is C25H26Cl2N2O6. The van der Waals surface area contributed by atoms with E-state index in [0.29, 0.717) is 17.7 Å². The van der Waals surface area contributed by atoms with E-state index in [1.165, 1.54) is 0 Å². The summed E-state index contributed by atoms with van der Waals surface area (Å²) in [6.07, 6.45) is 0.494. The monoisotopic (exact) mass is 520 g/mol. The Morgan fingerprint density at radius 1 is 1.03 bits per heavy atom. The molecule has 10 heteroatoms. The van der Waals surface area contributed by atoms with Crippen molar-refractivity contribution in [2.45, 2.75) is 39.2 Å². The highest BCUT2D eigenvalue weighted by atomic mass is 35.5. The summed E-state index contributed by atoms with van der Waals surface area (Å²) in [5.74, 6) is -3.62. The summed E-state index contributed by atoms with van der Waals surface area (Å²) in [5, 5.41) is 24.5. The summed E-state index contributed by atoms with van der Waals surface area (Å²) in [6.45, 7) is 3.61. The van der Waals surface area contributed by atoms with Gasteiger partial charge in [-0.25, -0.2) is 4.79 Å². The molecule has 2 aromatic rings. The van der Waals surface area contributed by atoms with Crippen molar-refractivity contribution < 1.29 is 29.4 Å². The van der Waals surface area contributed by atoms with Gasteiger partial charge in [-0.1, -0.05) is 55.2 Å². The summed E-state index contributed by atoms with van der Waals surface area (Å²) in [5.41, 5.74) is 0.723. The Hall–Kier alpha value is -3.10. The number of hydrogen-bond acceptors (Lipinski definition) is 4. The molecule has 0 bridgehead atoms. The van der Waals surface area contributed by atoms with Crippen molar-refractivity contribution in [3.05, 3.63) is 63.6 Å². The Labute approximate surface area is 212 Å². The fraction of sp³-hybridized carbons (Fsp3) is 0.360. The van der Waals surface area contributed by atoms with Crippen LogP contribution in [0.2, 0.25) is 10.0 Å². The highest BCUT2D eigenvalue weighted by molar-refractivity contribution is 6.40. The Kier molecular flexibility index (Phi) is 8.07. The van der Waals surface area contributed by atoms with E-state index < -0.39 is 41.1 Å². The maximum atomic E-state index is 12.5. The molecule has 0 aromatic heterocycles. The van der Waals surface area contributed by atoms with E-state index >= 15 is 0 Å². The normalized spacial score (nSPS) is 19.2. The zero-order valence-electron chi connectivity index (χ0n) is 19.2. The molecule has 0 heterocycles. The topological polar surface area (TPSA) is 133 Å². The number of carboxylic acid groups (broad SMARTS) is 2. The van der Waals surface area contributed by atoms with Crippen LogP contribution >= 0.6 is 23.2 Å². The third-order valence-corrected chi connectivity index (χ3v) is 7.31. The van der Waals surface area contributed by atoms with Gasteiger partial charge in [0.15, 0.2) is 0 Å². The number of carboxylic acids is 2. The molecule has 1 saturated carbocycles. The van der Waals surface area contributed by atoms with E-state index in [0.717, 1.165) is 0 Å². The van der Waals surface area contributed by atoms with Crippen LogP contribution in [0.25, 0.3) is 0 Å². The molecule has 1 aliphatic rings. The van der Waals surface area contributed by atoms with E-state index in [1.807, 2.05) is 13.8 Å². The smallest absolute Gasteiger partial charge is 0.326 e. The number of amides is 2. The SMILES string of the molecule is CC1(C)[C@@H](CC(=O)NC(Cc2ccc(NC(=O)c3c(Cl)cccc3Cl)cc2)C(=O)O)C[C@H]1C(=O)O. The minimum atomic E-state index is -1.18. The summed E-state index contributed by atoms with van der Waals surface area (Å²) >= 11 is 12.1. The van der Waals surface area contributed by atoms with Crippen LogP contribution in [0.15, 0.2) is 42.5 Å². The molecule has 0 spiro atoms. The molecule has 186 valence electrons. The predicted octanol–water partition coefficient (Wildman–Crippen LogP) is 4.49. The number of halogens is 2. The molecule has 3 rings (SSSR count). The molecule has 2 aromatic carbocycles. The molecule has 1 aliphatic carbocycles. The van der Waals surface area contributed by atoms with Crippen molar-refractivity contribution >= 4 is 52.6 Å². The first kappa shape index (κ1) is 26.5. The summed E-state index contributed by atoms with van der Waals surface area (Å²) in [7, 11) is 0. The summed E-state index contributed by atoms with van der Waals surface area (Å²) in [4.78, 5) is 48.0. The minimum Gasteiger partial charge on any atom is -0.481 e. The lowest BCUT2D eigenvalue weighted by molar-refractivity contribution is -0.160. The molecule has 2 amide bonds. The zero-order chi connectivity index (χ0) is 25.9. The maximum absolute atomic E-state index is 12.5. The summed E-state index contributed by atoms with van der Waals surface area (Å²) in [6, 6.07) is 10.1. The van der Waals surface area contributed by atoms with Gasteiger partial charge in [0.1, 0.15) is 6.04 Å². The molecule has 0 radical (unpaired) electrons. The largest absolute Gasteiger partial charge is 0.481 e. The number of anilines is 1. The second kappa shape index (κ2) is 10.7. The van der Waals surface area contributed by atoms with E-state index in [-0.39, 0.29) is 34.4 Å². The molecule has 1 fully saturated rings. The van der Waals surface area contributed by atoms with Crippen molar-refractivity contribution in [1.29, 1.82) is 0 Å². The van der Waals surface area contributed by atoms with Crippen molar-refractivity contribution in [2.24, 2.45) is 17.3 Å². The minimum absolute atomic E-state index is 0.0391. The first-order valence-electron chi connectivity index (χ1n) is 11.0. The molecule has 0 aliphatic heterocycles. The van der Waals surface area contributed by atoms with Crippen LogP contribution in [0.3, 0.4) is 0 Å². The Morgan fingerprint density at radius 2 is 1.63 bits per heavy atom. The third kappa shape index (κ3) is 6.13. The number of benzene rings is 2. The van der Waals surface area contributed by atoms with Gasteiger partial charge in [-0.15, -0.1) is 0 Å². The fourth-order valence-corrected chi connectivity index (χ4v) is 4.90. The van der Waals surface area contributed by atoms with E-state index in [4.69, 9.17) is 23.2 Å². The predicted molar refractivity (Wildman–Crippen MR) is 132 cm³/mol. The number of nitrogens with one attached hydrogen (secondary N) is 2. The average molecular weight is 521 g/mol. The van der Waals surface area contributed by atoms with Gasteiger partial charge in [-0.2, -0.15) is 0 Å². The number of rotatable bonds is 9. The van der Waals surface area contributed by atoms with E-state index in [1.54, 1.807) is 42.5 Å². The van der Waals surface area contributed by atoms with Crippen LogP contribution in [-0.4, -0.2) is 40.0 Å². The number of aliphatic carboxylic acids is 2. The van der Waals surface area contributed by atoms with Crippen molar-refractivity contribution in [1.82, 2.24) is 5.32 Å². The lowest BCUT2D eigenvalue weighted by atomic mass is 9.54. The number of carbonyl (C=O) groups excluding carboxylic acids is 2. The second-order valence-corrected chi connectivity index (χ2v) is 10.1. The highest BCUT2D eigenvalue weighted by Crippen LogP contribution is 2.52. The third-order valence-electron chi connectivity index (χ3n) is 6.68. The molecule has 35 heavy (non-hydrogen) atoms. The number of hydrogen-bond donors (Lipinski definition) is 4. The quantitative estimate of drug-likeness (QED) is 0.384. The average Bonchev–Trinajstić information content (AvgIpc) is 2.76. The highest BCUT2D eigenvalue weighted by Gasteiger charge is 2.52. The Morgan fingerprint density at radius 3 is 2.14 bits per heavy atom. The lowest BCUT2D eigenvalue weighted by Gasteiger charge is -2.49. The molecule has 8 nitrogen and oxygen atoms in total. The van der Waals surface area contributed by atoms with Crippen molar-refractivity contribution in [2.75, 3.05) is 5.32 Å². The van der Waals surface area contributed by atoms with Crippen LogP contribution in [-0.2, 0) is 20.8 Å². The van der Waals surface area contributed by atoms with Gasteiger partial charge in [0.05, 0.1) is 21.5 Å². The van der Waals surface area contributed by atoms with Crippen LogP contribution in [0, 0.1) is 17.3 Å². The van der Waals surface area contributed by atoms with E-state index in [2.05, 4.69) is 10.6 Å². The molecule has 1 unspecified atom stereocenters. The zero-order valence-corrected chi connectivity index (χ0v) is 20.7. The van der Waals surface area contributed by atoms with Crippen LogP contribution < -0.4 is 10.6 Å². The standard InChI is InChI=1S/C25H26Cl2N2O6/c1-25(2)14(11-16(25)23(32)33)12-20(30)29-19(24(34)35)10-13-6-8-15(9-7-13)28-22(31)21-17(26)4-3-5-18(21)27/h3-9,14,16,19H,10-12H2,1-2H3,(H,28,31)(H,29,30)(H,32,33)(H,34,35)/t14-,16+,19?/m1/s1. The first-order valence-corrected chi connectivity index (χ1v) is 11.7. The molecule has 0 saturated heterocycles. The van der Waals surface area contributed by atoms with Crippen LogP contribution in [0.5, 0.6) is 0 Å². The maximum Gasteiger partial charge on any atom is 0.326 e. The lowest BCUT2D eigenvalue weighted by Crippen LogP contribution is -2.51. The van der Waals surface area contributed by atoms with Gasteiger partial charge < -0.3 is 20.8 Å². The van der Waals surface area contributed by atoms with Gasteiger partial charge in [-0.3, -0.25) is 14.4 Å². The van der Waals surface area contributed by atoms with Gasteiger partial charge in [0.25, 0.3) is 5.91 Å². The van der Waals surface area contributed by atoms with Gasteiger partial charge in [0, 0.05) is 18.5 Å². The summed E-state index contributed by atoms with van der Waals surface area (Å²) < 4.78 is 0. The second-order valence-electron chi connectivity index (χ2n) is 9.26. The van der Waals surface area contributed by atoms with Gasteiger partial charge in [-0.05, 0) is 47.6 Å². The van der Waals surface area contributed by atoms with Crippen LogP contribution in [0.1, 0.15) is 42.6 Å². The molecule has 4 N–H and O–H groups in total. The molecular weight excluding hydrogens is 495 g/mol. The van der Waals surface area contributed by atoms with Gasteiger partial charge >= 0.3 is 11.9 Å². The Balaban J connectivity index is 1.58.